The summed E-state index contributed by atoms with van der Waals surface area (Å²) in [5.41, 5.74) is 1.16. The monoisotopic (exact) mass is 359 g/mol. The third-order valence-corrected chi connectivity index (χ3v) is 5.70. The van der Waals surface area contributed by atoms with Crippen molar-refractivity contribution in [1.29, 1.82) is 0 Å². The molecule has 1 aliphatic heterocycles. The normalized spacial score (nSPS) is 24.3. The lowest BCUT2D eigenvalue weighted by Gasteiger charge is -2.37. The van der Waals surface area contributed by atoms with Gasteiger partial charge in [-0.1, -0.05) is 31.9 Å². The molecule has 2 unspecified atom stereocenters. The number of amides is 1. The Balaban J connectivity index is 1.47. The number of rotatable bonds is 6. The number of benzene rings is 1. The SMILES string of the molecule is CCOc1ccccc1N1CCN(CC(=O)NC2CCCCC2C)CC1. The third kappa shape index (κ3) is 4.91. The Bertz CT molecular complexity index is 584. The predicted molar refractivity (Wildman–Crippen MR) is 106 cm³/mol. The Morgan fingerprint density at radius 3 is 2.62 bits per heavy atom. The van der Waals surface area contributed by atoms with Gasteiger partial charge in [0.25, 0.3) is 0 Å². The molecule has 0 bridgehead atoms. The van der Waals surface area contributed by atoms with Crippen LogP contribution in [0.3, 0.4) is 0 Å². The predicted octanol–water partition coefficient (Wildman–Crippen LogP) is 2.90. The summed E-state index contributed by atoms with van der Waals surface area (Å²) < 4.78 is 5.76. The molecule has 5 nitrogen and oxygen atoms in total. The summed E-state index contributed by atoms with van der Waals surface area (Å²) in [5, 5.41) is 3.27. The second kappa shape index (κ2) is 9.26. The number of hydrogen-bond donors (Lipinski definition) is 1. The van der Waals surface area contributed by atoms with Crippen LogP contribution >= 0.6 is 0 Å². The second-order valence-electron chi connectivity index (χ2n) is 7.60. The van der Waals surface area contributed by atoms with Gasteiger partial charge in [0.15, 0.2) is 0 Å². The molecule has 0 spiro atoms. The van der Waals surface area contributed by atoms with E-state index in [1.54, 1.807) is 0 Å². The molecule has 1 saturated heterocycles. The van der Waals surface area contributed by atoms with Crippen molar-refractivity contribution >= 4 is 11.6 Å². The van der Waals surface area contributed by atoms with Gasteiger partial charge in [-0.3, -0.25) is 9.69 Å². The van der Waals surface area contributed by atoms with Gasteiger partial charge in [0.1, 0.15) is 5.75 Å². The fraction of sp³-hybridized carbons (Fsp3) is 0.667. The minimum Gasteiger partial charge on any atom is -0.492 e. The molecule has 1 amide bonds. The molecule has 1 heterocycles. The molecule has 2 fully saturated rings. The maximum Gasteiger partial charge on any atom is 0.234 e. The Labute approximate surface area is 157 Å². The van der Waals surface area contributed by atoms with Crippen molar-refractivity contribution in [3.05, 3.63) is 24.3 Å². The Kier molecular flexibility index (Phi) is 6.78. The van der Waals surface area contributed by atoms with Crippen molar-refractivity contribution in [2.75, 3.05) is 44.2 Å². The zero-order valence-corrected chi connectivity index (χ0v) is 16.2. The van der Waals surface area contributed by atoms with E-state index in [1.807, 2.05) is 19.1 Å². The van der Waals surface area contributed by atoms with E-state index in [1.165, 1.54) is 19.3 Å². The first-order chi connectivity index (χ1) is 12.7. The highest BCUT2D eigenvalue weighted by atomic mass is 16.5. The average Bonchev–Trinajstić information content (AvgIpc) is 2.65. The van der Waals surface area contributed by atoms with E-state index in [2.05, 4.69) is 34.2 Å². The Morgan fingerprint density at radius 1 is 1.15 bits per heavy atom. The van der Waals surface area contributed by atoms with E-state index in [-0.39, 0.29) is 5.91 Å². The molecular formula is C21H33N3O2. The molecule has 144 valence electrons. The number of nitrogens with one attached hydrogen (secondary N) is 1. The van der Waals surface area contributed by atoms with Gasteiger partial charge >= 0.3 is 0 Å². The smallest absolute Gasteiger partial charge is 0.234 e. The lowest BCUT2D eigenvalue weighted by molar-refractivity contribution is -0.123. The van der Waals surface area contributed by atoms with Crippen LogP contribution in [-0.2, 0) is 4.79 Å². The van der Waals surface area contributed by atoms with E-state index >= 15 is 0 Å². The molecule has 2 aliphatic rings. The minimum absolute atomic E-state index is 0.187. The maximum absolute atomic E-state index is 12.4. The van der Waals surface area contributed by atoms with E-state index in [4.69, 9.17) is 4.74 Å². The first-order valence-corrected chi connectivity index (χ1v) is 10.2. The van der Waals surface area contributed by atoms with Gasteiger partial charge in [0.05, 0.1) is 18.8 Å². The highest BCUT2D eigenvalue weighted by Crippen LogP contribution is 2.29. The highest BCUT2D eigenvalue weighted by molar-refractivity contribution is 5.78. The summed E-state index contributed by atoms with van der Waals surface area (Å²) in [6.07, 6.45) is 4.92. The Hall–Kier alpha value is -1.75. The van der Waals surface area contributed by atoms with E-state index in [0.717, 1.165) is 44.0 Å². The van der Waals surface area contributed by atoms with Crippen LogP contribution in [0.5, 0.6) is 5.75 Å². The topological polar surface area (TPSA) is 44.8 Å². The summed E-state index contributed by atoms with van der Waals surface area (Å²) in [4.78, 5) is 17.1. The van der Waals surface area contributed by atoms with Gasteiger partial charge in [-0.15, -0.1) is 0 Å². The number of para-hydroxylation sites is 2. The molecule has 5 heteroatoms. The van der Waals surface area contributed by atoms with Gasteiger partial charge < -0.3 is 15.0 Å². The standard InChI is InChI=1S/C21H33N3O2/c1-3-26-20-11-7-6-10-19(20)24-14-12-23(13-15-24)16-21(25)22-18-9-5-4-8-17(18)2/h6-7,10-11,17-18H,3-5,8-9,12-16H2,1-2H3,(H,22,25). The second-order valence-corrected chi connectivity index (χ2v) is 7.60. The van der Waals surface area contributed by atoms with E-state index < -0.39 is 0 Å². The number of carbonyl (C=O) groups is 1. The summed E-state index contributed by atoms with van der Waals surface area (Å²) in [5.74, 6) is 1.75. The van der Waals surface area contributed by atoms with E-state index in [9.17, 15) is 4.79 Å². The lowest BCUT2D eigenvalue weighted by Crippen LogP contribution is -2.51. The fourth-order valence-electron chi connectivity index (χ4n) is 4.13. The van der Waals surface area contributed by atoms with Gasteiger partial charge in [-0.2, -0.15) is 0 Å². The third-order valence-electron chi connectivity index (χ3n) is 5.70. The number of piperazine rings is 1. The summed E-state index contributed by atoms with van der Waals surface area (Å²) in [7, 11) is 0. The van der Waals surface area contributed by atoms with Gasteiger partial charge in [-0.05, 0) is 37.8 Å². The molecule has 0 radical (unpaired) electrons. The zero-order valence-electron chi connectivity index (χ0n) is 16.2. The molecule has 1 aromatic rings. The highest BCUT2D eigenvalue weighted by Gasteiger charge is 2.25. The molecule has 3 rings (SSSR count). The number of carbonyl (C=O) groups excluding carboxylic acids is 1. The number of ether oxygens (including phenoxy) is 1. The van der Waals surface area contributed by atoms with Crippen LogP contribution in [0.25, 0.3) is 0 Å². The largest absolute Gasteiger partial charge is 0.492 e. The van der Waals surface area contributed by atoms with Crippen LogP contribution in [0, 0.1) is 5.92 Å². The van der Waals surface area contributed by atoms with Gasteiger partial charge in [0.2, 0.25) is 5.91 Å². The molecule has 26 heavy (non-hydrogen) atoms. The first-order valence-electron chi connectivity index (χ1n) is 10.2. The van der Waals surface area contributed by atoms with Crippen molar-refractivity contribution in [3.8, 4) is 5.75 Å². The summed E-state index contributed by atoms with van der Waals surface area (Å²) in [6, 6.07) is 8.60. The fourth-order valence-corrected chi connectivity index (χ4v) is 4.13. The van der Waals surface area contributed by atoms with Crippen LogP contribution in [0.2, 0.25) is 0 Å². The number of hydrogen-bond acceptors (Lipinski definition) is 4. The Morgan fingerprint density at radius 2 is 1.88 bits per heavy atom. The zero-order chi connectivity index (χ0) is 18.4. The van der Waals surface area contributed by atoms with E-state index in [0.29, 0.717) is 25.1 Å². The van der Waals surface area contributed by atoms with Crippen molar-refractivity contribution < 1.29 is 9.53 Å². The van der Waals surface area contributed by atoms with Crippen molar-refractivity contribution in [1.82, 2.24) is 10.2 Å². The van der Waals surface area contributed by atoms with Crippen molar-refractivity contribution in [2.45, 2.75) is 45.6 Å². The van der Waals surface area contributed by atoms with Crippen molar-refractivity contribution in [2.24, 2.45) is 5.92 Å². The first kappa shape index (κ1) is 19.0. The summed E-state index contributed by atoms with van der Waals surface area (Å²) in [6.45, 7) is 9.15. The van der Waals surface area contributed by atoms with Gasteiger partial charge in [-0.25, -0.2) is 0 Å². The van der Waals surface area contributed by atoms with Crippen molar-refractivity contribution in [3.63, 3.8) is 0 Å². The van der Waals surface area contributed by atoms with Crippen LogP contribution in [0.15, 0.2) is 24.3 Å². The minimum atomic E-state index is 0.187. The van der Waals surface area contributed by atoms with Crippen LogP contribution in [0.4, 0.5) is 5.69 Å². The molecule has 0 aromatic heterocycles. The average molecular weight is 360 g/mol. The summed E-state index contributed by atoms with van der Waals surface area (Å²) >= 11 is 0. The molecule has 1 saturated carbocycles. The quantitative estimate of drug-likeness (QED) is 0.848. The molecule has 1 aromatic carbocycles. The van der Waals surface area contributed by atoms with Gasteiger partial charge in [0, 0.05) is 32.2 Å². The molecule has 2 atom stereocenters. The van der Waals surface area contributed by atoms with Crippen LogP contribution in [-0.4, -0.2) is 56.2 Å². The number of anilines is 1. The molecule has 1 N–H and O–H groups in total. The van der Waals surface area contributed by atoms with Crippen LogP contribution in [0.1, 0.15) is 39.5 Å². The maximum atomic E-state index is 12.4. The van der Waals surface area contributed by atoms with Crippen LogP contribution < -0.4 is 15.0 Å². The molecule has 1 aliphatic carbocycles. The lowest BCUT2D eigenvalue weighted by atomic mass is 9.86. The number of nitrogens with zero attached hydrogens (tertiary/aromatic N) is 2. The molecular weight excluding hydrogens is 326 g/mol.